The number of halogens is 5. The van der Waals surface area contributed by atoms with E-state index in [2.05, 4.69) is 10.3 Å². The van der Waals surface area contributed by atoms with Crippen LogP contribution in [0.15, 0.2) is 18.3 Å². The number of amides is 1. The molecule has 1 saturated carbocycles. The fraction of sp³-hybridized carbons (Fsp3) is 0.538. The molecule has 0 atom stereocenters. The van der Waals surface area contributed by atoms with Gasteiger partial charge in [-0.15, -0.1) is 24.8 Å². The van der Waals surface area contributed by atoms with E-state index in [4.69, 9.17) is 5.73 Å². The fourth-order valence-electron chi connectivity index (χ4n) is 2.22. The Hall–Kier alpha value is -1.05. The third-order valence-electron chi connectivity index (χ3n) is 3.43. The van der Waals surface area contributed by atoms with Crippen LogP contribution in [-0.4, -0.2) is 23.0 Å². The molecule has 1 heterocycles. The first-order valence-corrected chi connectivity index (χ1v) is 6.46. The Balaban J connectivity index is 0.00000220. The number of nitrogens with two attached hydrogens (primary N) is 1. The Bertz CT molecular complexity index is 474. The summed E-state index contributed by atoms with van der Waals surface area (Å²) < 4.78 is 37.1. The summed E-state index contributed by atoms with van der Waals surface area (Å²) in [5.74, 6) is -0.445. The number of hydrogen-bond acceptors (Lipinski definition) is 3. The van der Waals surface area contributed by atoms with Gasteiger partial charge >= 0.3 is 6.18 Å². The Kier molecular flexibility index (Phi) is 8.14. The van der Waals surface area contributed by atoms with Crippen molar-refractivity contribution in [1.82, 2.24) is 10.3 Å². The van der Waals surface area contributed by atoms with Gasteiger partial charge in [0.25, 0.3) is 5.91 Å². The maximum Gasteiger partial charge on any atom is 0.417 e. The highest BCUT2D eigenvalue weighted by atomic mass is 35.5. The number of nitrogens with zero attached hydrogens (tertiary/aromatic N) is 1. The summed E-state index contributed by atoms with van der Waals surface area (Å²) in [5, 5.41) is 2.78. The van der Waals surface area contributed by atoms with Crippen LogP contribution in [0.5, 0.6) is 0 Å². The van der Waals surface area contributed by atoms with Gasteiger partial charge in [-0.05, 0) is 37.8 Å². The number of carbonyl (C=O) groups is 1. The van der Waals surface area contributed by atoms with Crippen LogP contribution in [0.2, 0.25) is 0 Å². The molecule has 2 rings (SSSR count). The second-order valence-corrected chi connectivity index (χ2v) is 5.02. The van der Waals surface area contributed by atoms with Gasteiger partial charge in [-0.1, -0.05) is 0 Å². The van der Waals surface area contributed by atoms with E-state index in [1.165, 1.54) is 0 Å². The zero-order valence-electron chi connectivity index (χ0n) is 11.6. The van der Waals surface area contributed by atoms with Crippen molar-refractivity contribution in [3.8, 4) is 0 Å². The molecule has 3 N–H and O–H groups in total. The third kappa shape index (κ3) is 5.62. The van der Waals surface area contributed by atoms with E-state index < -0.39 is 17.6 Å². The molecule has 126 valence electrons. The molecule has 0 spiro atoms. The topological polar surface area (TPSA) is 68.0 Å². The Morgan fingerprint density at radius 1 is 1.18 bits per heavy atom. The normalized spacial score (nSPS) is 21.3. The highest BCUT2D eigenvalue weighted by Gasteiger charge is 2.31. The summed E-state index contributed by atoms with van der Waals surface area (Å²) in [5.41, 5.74) is 4.89. The molecule has 22 heavy (non-hydrogen) atoms. The van der Waals surface area contributed by atoms with E-state index >= 15 is 0 Å². The van der Waals surface area contributed by atoms with Crippen LogP contribution in [0, 0.1) is 0 Å². The molecule has 0 radical (unpaired) electrons. The smallest absolute Gasteiger partial charge is 0.348 e. The average Bonchev–Trinajstić information content (AvgIpc) is 2.40. The van der Waals surface area contributed by atoms with Gasteiger partial charge in [-0.25, -0.2) is 0 Å². The molecule has 9 heteroatoms. The van der Waals surface area contributed by atoms with Crippen molar-refractivity contribution in [2.45, 2.75) is 43.9 Å². The summed E-state index contributed by atoms with van der Waals surface area (Å²) in [6.45, 7) is 0. The molecule has 0 saturated heterocycles. The highest BCUT2D eigenvalue weighted by Crippen LogP contribution is 2.28. The number of hydrogen-bond donors (Lipinski definition) is 2. The van der Waals surface area contributed by atoms with Gasteiger partial charge < -0.3 is 11.1 Å². The first-order valence-electron chi connectivity index (χ1n) is 6.46. The minimum absolute atomic E-state index is 0. The van der Waals surface area contributed by atoms with Gasteiger partial charge in [0.1, 0.15) is 5.69 Å². The number of carbonyl (C=O) groups excluding carboxylic acids is 1. The molecule has 1 aromatic heterocycles. The number of rotatable bonds is 2. The maximum atomic E-state index is 12.4. The van der Waals surface area contributed by atoms with Crippen molar-refractivity contribution in [2.75, 3.05) is 0 Å². The number of alkyl halides is 3. The Morgan fingerprint density at radius 2 is 1.77 bits per heavy atom. The Morgan fingerprint density at radius 3 is 2.23 bits per heavy atom. The van der Waals surface area contributed by atoms with Crippen LogP contribution >= 0.6 is 24.8 Å². The zero-order chi connectivity index (χ0) is 14.8. The molecule has 0 aromatic carbocycles. The van der Waals surface area contributed by atoms with Gasteiger partial charge in [-0.3, -0.25) is 9.78 Å². The van der Waals surface area contributed by atoms with Crippen molar-refractivity contribution in [3.63, 3.8) is 0 Å². The lowest BCUT2D eigenvalue weighted by molar-refractivity contribution is -0.137. The van der Waals surface area contributed by atoms with Gasteiger partial charge in [0.05, 0.1) is 5.56 Å². The summed E-state index contributed by atoms with van der Waals surface area (Å²) in [6.07, 6.45) is -0.523. The highest BCUT2D eigenvalue weighted by molar-refractivity contribution is 5.92. The van der Waals surface area contributed by atoms with E-state index in [9.17, 15) is 18.0 Å². The SMILES string of the molecule is Cl.Cl.NC1CCC(NC(=O)c2ccc(C(F)(F)F)cn2)CC1. The van der Waals surface area contributed by atoms with Crippen LogP contribution in [0.3, 0.4) is 0 Å². The quantitative estimate of drug-likeness (QED) is 0.852. The Labute approximate surface area is 138 Å². The van der Waals surface area contributed by atoms with Crippen molar-refractivity contribution in [2.24, 2.45) is 5.73 Å². The second kappa shape index (κ2) is 8.55. The maximum absolute atomic E-state index is 12.4. The number of nitrogens with one attached hydrogen (secondary N) is 1. The van der Waals surface area contributed by atoms with Crippen LogP contribution < -0.4 is 11.1 Å². The molecule has 1 amide bonds. The first-order chi connectivity index (χ1) is 9.36. The average molecular weight is 360 g/mol. The molecule has 1 aromatic rings. The van der Waals surface area contributed by atoms with E-state index in [-0.39, 0.29) is 42.6 Å². The predicted molar refractivity (Wildman–Crippen MR) is 81.4 cm³/mol. The lowest BCUT2D eigenvalue weighted by Crippen LogP contribution is -2.40. The molecular weight excluding hydrogens is 342 g/mol. The molecule has 1 aliphatic rings. The second-order valence-electron chi connectivity index (χ2n) is 5.02. The molecule has 1 fully saturated rings. The first kappa shape index (κ1) is 20.9. The van der Waals surface area contributed by atoms with Crippen LogP contribution in [0.1, 0.15) is 41.7 Å². The molecule has 0 aliphatic heterocycles. The van der Waals surface area contributed by atoms with Crippen LogP contribution in [0.25, 0.3) is 0 Å². The van der Waals surface area contributed by atoms with Crippen LogP contribution in [0.4, 0.5) is 13.2 Å². The van der Waals surface area contributed by atoms with Gasteiger partial charge in [-0.2, -0.15) is 13.2 Å². The lowest BCUT2D eigenvalue weighted by Gasteiger charge is -2.26. The largest absolute Gasteiger partial charge is 0.417 e. The summed E-state index contributed by atoms with van der Waals surface area (Å²) in [4.78, 5) is 15.4. The lowest BCUT2D eigenvalue weighted by atomic mass is 9.92. The van der Waals surface area contributed by atoms with Crippen LogP contribution in [-0.2, 0) is 6.18 Å². The molecule has 1 aliphatic carbocycles. The van der Waals surface area contributed by atoms with E-state index in [1.54, 1.807) is 0 Å². The zero-order valence-corrected chi connectivity index (χ0v) is 13.2. The van der Waals surface area contributed by atoms with E-state index in [0.717, 1.165) is 37.8 Å². The number of aromatic nitrogens is 1. The monoisotopic (exact) mass is 359 g/mol. The van der Waals surface area contributed by atoms with E-state index in [0.29, 0.717) is 6.20 Å². The van der Waals surface area contributed by atoms with Gasteiger partial charge in [0.2, 0.25) is 0 Å². The number of pyridine rings is 1. The van der Waals surface area contributed by atoms with Gasteiger partial charge in [0, 0.05) is 18.3 Å². The van der Waals surface area contributed by atoms with Gasteiger partial charge in [0.15, 0.2) is 0 Å². The molecule has 0 bridgehead atoms. The fourth-order valence-corrected chi connectivity index (χ4v) is 2.22. The third-order valence-corrected chi connectivity index (χ3v) is 3.43. The minimum atomic E-state index is -4.44. The minimum Gasteiger partial charge on any atom is -0.348 e. The van der Waals surface area contributed by atoms with E-state index in [1.807, 2.05) is 0 Å². The summed E-state index contributed by atoms with van der Waals surface area (Å²) >= 11 is 0. The van der Waals surface area contributed by atoms with Crippen molar-refractivity contribution in [3.05, 3.63) is 29.6 Å². The molecular formula is C13H18Cl2F3N3O. The molecule has 4 nitrogen and oxygen atoms in total. The van der Waals surface area contributed by atoms with Crippen molar-refractivity contribution >= 4 is 30.7 Å². The summed E-state index contributed by atoms with van der Waals surface area (Å²) in [6, 6.07) is 2.14. The predicted octanol–water partition coefficient (Wildman–Crippen LogP) is 2.94. The molecule has 0 unspecified atom stereocenters. The van der Waals surface area contributed by atoms with Crippen molar-refractivity contribution in [1.29, 1.82) is 0 Å². The summed E-state index contributed by atoms with van der Waals surface area (Å²) in [7, 11) is 0. The standard InChI is InChI=1S/C13H16F3N3O.2ClH/c14-13(15,16)8-1-6-11(18-7-8)12(20)19-10-4-2-9(17)3-5-10;;/h1,6-7,9-10H,2-5,17H2,(H,19,20);2*1H. The van der Waals surface area contributed by atoms with Crippen molar-refractivity contribution < 1.29 is 18.0 Å².